The number of aromatic nitrogens is 1. The van der Waals surface area contributed by atoms with Gasteiger partial charge in [0, 0.05) is 17.8 Å². The summed E-state index contributed by atoms with van der Waals surface area (Å²) in [5.41, 5.74) is 2.94. The van der Waals surface area contributed by atoms with Crippen molar-refractivity contribution >= 4 is 17.2 Å². The summed E-state index contributed by atoms with van der Waals surface area (Å²) in [5, 5.41) is 7.83. The third kappa shape index (κ3) is 2.54. The molecule has 1 aromatic heterocycles. The van der Waals surface area contributed by atoms with Gasteiger partial charge in [-0.3, -0.25) is 5.41 Å². The summed E-state index contributed by atoms with van der Waals surface area (Å²) in [6, 6.07) is 0. The smallest absolute Gasteiger partial charge is 0.0984 e. The lowest BCUT2D eigenvalue weighted by atomic mass is 10.2. The normalized spacial score (nSPS) is 10.6. The third-order valence-corrected chi connectivity index (χ3v) is 3.10. The summed E-state index contributed by atoms with van der Waals surface area (Å²) in [6.07, 6.45) is 0. The predicted molar refractivity (Wildman–Crippen MR) is 60.9 cm³/mol. The Balaban J connectivity index is 2.62. The van der Waals surface area contributed by atoms with Crippen molar-refractivity contribution in [1.29, 1.82) is 5.41 Å². The molecule has 3 nitrogen and oxygen atoms in total. The molecular formula is C10H17N3S. The number of rotatable bonds is 3. The summed E-state index contributed by atoms with van der Waals surface area (Å²) < 4.78 is 0. The van der Waals surface area contributed by atoms with Gasteiger partial charge >= 0.3 is 0 Å². The maximum Gasteiger partial charge on any atom is 0.0984 e. The van der Waals surface area contributed by atoms with Crippen molar-refractivity contribution in [2.45, 2.75) is 27.3 Å². The first-order valence-corrected chi connectivity index (χ1v) is 5.59. The van der Waals surface area contributed by atoms with E-state index >= 15 is 0 Å². The zero-order valence-corrected chi connectivity index (χ0v) is 9.98. The number of hydrogen-bond donors (Lipinski definition) is 1. The van der Waals surface area contributed by atoms with Crippen molar-refractivity contribution in [1.82, 2.24) is 9.88 Å². The van der Waals surface area contributed by atoms with Crippen LogP contribution < -0.4 is 0 Å². The number of thiazole rings is 1. The topological polar surface area (TPSA) is 40.0 Å². The first kappa shape index (κ1) is 11.2. The quantitative estimate of drug-likeness (QED) is 0.616. The average molecular weight is 211 g/mol. The van der Waals surface area contributed by atoms with Crippen LogP contribution in [0.5, 0.6) is 0 Å². The Morgan fingerprint density at radius 1 is 1.64 bits per heavy atom. The van der Waals surface area contributed by atoms with Gasteiger partial charge in [-0.2, -0.15) is 0 Å². The summed E-state index contributed by atoms with van der Waals surface area (Å²) >= 11 is 1.66. The molecule has 0 unspecified atom stereocenters. The Hall–Kier alpha value is -0.900. The van der Waals surface area contributed by atoms with E-state index in [4.69, 9.17) is 5.41 Å². The molecule has 0 radical (unpaired) electrons. The molecule has 1 aromatic rings. The Bertz CT molecular complexity index is 317. The molecule has 0 saturated carbocycles. The highest BCUT2D eigenvalue weighted by Gasteiger charge is 2.11. The fraction of sp³-hybridized carbons (Fsp3) is 0.600. The molecule has 78 valence electrons. The van der Waals surface area contributed by atoms with Crippen LogP contribution in [0.1, 0.15) is 24.4 Å². The van der Waals surface area contributed by atoms with Crippen LogP contribution in [0.25, 0.3) is 0 Å². The zero-order valence-electron chi connectivity index (χ0n) is 9.16. The molecule has 0 bridgehead atoms. The average Bonchev–Trinajstić information content (AvgIpc) is 2.50. The van der Waals surface area contributed by atoms with Crippen molar-refractivity contribution in [3.8, 4) is 0 Å². The molecule has 0 aliphatic heterocycles. The van der Waals surface area contributed by atoms with E-state index in [1.807, 2.05) is 38.2 Å². The second-order valence-corrected chi connectivity index (χ2v) is 4.70. The Morgan fingerprint density at radius 2 is 2.29 bits per heavy atom. The van der Waals surface area contributed by atoms with Gasteiger partial charge in [0.25, 0.3) is 0 Å². The highest BCUT2D eigenvalue weighted by molar-refractivity contribution is 7.09. The van der Waals surface area contributed by atoms with Gasteiger partial charge in [0.2, 0.25) is 0 Å². The van der Waals surface area contributed by atoms with E-state index < -0.39 is 0 Å². The molecule has 0 aliphatic rings. The number of nitrogens with zero attached hydrogens (tertiary/aromatic N) is 2. The van der Waals surface area contributed by atoms with Crippen LogP contribution in [0.3, 0.4) is 0 Å². The molecule has 0 aliphatic carbocycles. The molecule has 4 heteroatoms. The van der Waals surface area contributed by atoms with Crippen LogP contribution in [0.15, 0.2) is 5.51 Å². The van der Waals surface area contributed by atoms with Crippen LogP contribution in [0.2, 0.25) is 0 Å². The van der Waals surface area contributed by atoms with E-state index in [0.29, 0.717) is 5.84 Å². The van der Waals surface area contributed by atoms with E-state index in [1.165, 1.54) is 4.88 Å². The van der Waals surface area contributed by atoms with E-state index in [-0.39, 0.29) is 5.92 Å². The van der Waals surface area contributed by atoms with Gasteiger partial charge in [-0.25, -0.2) is 4.98 Å². The van der Waals surface area contributed by atoms with E-state index in [9.17, 15) is 0 Å². The van der Waals surface area contributed by atoms with Gasteiger partial charge in [0.05, 0.1) is 23.6 Å². The molecule has 0 aromatic carbocycles. The van der Waals surface area contributed by atoms with Crippen molar-refractivity contribution < 1.29 is 0 Å². The van der Waals surface area contributed by atoms with Gasteiger partial charge in [-0.15, -0.1) is 11.3 Å². The summed E-state index contributed by atoms with van der Waals surface area (Å²) in [5.74, 6) is 0.964. The van der Waals surface area contributed by atoms with Crippen LogP contribution in [0.4, 0.5) is 0 Å². The summed E-state index contributed by atoms with van der Waals surface area (Å²) in [6.45, 7) is 6.89. The molecule has 1 rings (SSSR count). The lowest BCUT2D eigenvalue weighted by molar-refractivity contribution is 0.471. The van der Waals surface area contributed by atoms with Crippen LogP contribution >= 0.6 is 11.3 Å². The first-order chi connectivity index (χ1) is 6.52. The van der Waals surface area contributed by atoms with E-state index in [0.717, 1.165) is 12.2 Å². The minimum Gasteiger partial charge on any atom is -0.358 e. The number of aryl methyl sites for hydroxylation is 1. The second-order valence-electron chi connectivity index (χ2n) is 3.76. The van der Waals surface area contributed by atoms with E-state index in [2.05, 4.69) is 4.98 Å². The van der Waals surface area contributed by atoms with Gasteiger partial charge in [-0.05, 0) is 6.92 Å². The first-order valence-electron chi connectivity index (χ1n) is 4.71. The van der Waals surface area contributed by atoms with Crippen molar-refractivity contribution in [2.24, 2.45) is 5.92 Å². The van der Waals surface area contributed by atoms with Crippen molar-refractivity contribution in [3.05, 3.63) is 16.1 Å². The van der Waals surface area contributed by atoms with Gasteiger partial charge in [-0.1, -0.05) is 13.8 Å². The second kappa shape index (κ2) is 4.55. The Kier molecular flexibility index (Phi) is 3.63. The fourth-order valence-corrected chi connectivity index (χ4v) is 2.05. The highest BCUT2D eigenvalue weighted by Crippen LogP contribution is 2.15. The lowest BCUT2D eigenvalue weighted by Gasteiger charge is -2.21. The molecule has 0 amide bonds. The van der Waals surface area contributed by atoms with Crippen LogP contribution in [-0.4, -0.2) is 22.8 Å². The number of hydrogen-bond acceptors (Lipinski definition) is 3. The largest absolute Gasteiger partial charge is 0.358 e. The maximum absolute atomic E-state index is 7.83. The number of amidine groups is 1. The molecule has 1 heterocycles. The molecule has 14 heavy (non-hydrogen) atoms. The van der Waals surface area contributed by atoms with E-state index in [1.54, 1.807) is 11.3 Å². The van der Waals surface area contributed by atoms with Gasteiger partial charge in [0.15, 0.2) is 0 Å². The lowest BCUT2D eigenvalue weighted by Crippen LogP contribution is -2.29. The van der Waals surface area contributed by atoms with Crippen LogP contribution in [0, 0.1) is 18.3 Å². The summed E-state index contributed by atoms with van der Waals surface area (Å²) in [7, 11) is 1.96. The minimum atomic E-state index is 0.285. The minimum absolute atomic E-state index is 0.285. The Morgan fingerprint density at radius 3 is 2.71 bits per heavy atom. The van der Waals surface area contributed by atoms with Gasteiger partial charge < -0.3 is 4.90 Å². The molecule has 0 spiro atoms. The van der Waals surface area contributed by atoms with Crippen LogP contribution in [-0.2, 0) is 6.54 Å². The third-order valence-electron chi connectivity index (χ3n) is 2.18. The molecule has 0 fully saturated rings. The number of nitrogens with one attached hydrogen (secondary N) is 1. The summed E-state index contributed by atoms with van der Waals surface area (Å²) in [4.78, 5) is 7.42. The predicted octanol–water partition coefficient (Wildman–Crippen LogP) is 2.52. The molecule has 0 saturated heterocycles. The van der Waals surface area contributed by atoms with Gasteiger partial charge in [0.1, 0.15) is 0 Å². The SMILES string of the molecule is Cc1ncsc1CN(C)C(=N)C(C)C. The Labute approximate surface area is 89.3 Å². The molecule has 1 N–H and O–H groups in total. The maximum atomic E-state index is 7.83. The highest BCUT2D eigenvalue weighted by atomic mass is 32.1. The molecule has 0 atom stereocenters. The molecular weight excluding hydrogens is 194 g/mol. The monoisotopic (exact) mass is 211 g/mol. The fourth-order valence-electron chi connectivity index (χ4n) is 1.22. The standard InChI is InChI=1S/C10H17N3S/c1-7(2)10(11)13(4)5-9-8(3)12-6-14-9/h6-7,11H,5H2,1-4H3. The van der Waals surface area contributed by atoms with Crippen molar-refractivity contribution in [2.75, 3.05) is 7.05 Å². The zero-order chi connectivity index (χ0) is 10.7. The van der Waals surface area contributed by atoms with Crippen molar-refractivity contribution in [3.63, 3.8) is 0 Å².